The molecule has 148 valence electrons. The van der Waals surface area contributed by atoms with Crippen LogP contribution in [-0.4, -0.2) is 16.8 Å². The average Bonchev–Trinajstić information content (AvgIpc) is 2.71. The van der Waals surface area contributed by atoms with Gasteiger partial charge in [0.2, 0.25) is 0 Å². The second-order valence-electron chi connectivity index (χ2n) is 6.49. The molecule has 3 aromatic rings. The van der Waals surface area contributed by atoms with Gasteiger partial charge in [0, 0.05) is 29.6 Å². The molecule has 3 rings (SSSR count). The van der Waals surface area contributed by atoms with E-state index < -0.39 is 11.8 Å². The molecule has 0 atom stereocenters. The third-order valence-corrected chi connectivity index (χ3v) is 4.62. The molecule has 1 aromatic heterocycles. The molecule has 2 N–H and O–H groups in total. The summed E-state index contributed by atoms with van der Waals surface area (Å²) in [5.74, 6) is -0.140. The SMILES string of the molecule is Cc1cc(CNC(=O)C(=O)Nc2ccc(Oc3ccncc3)c(C)c2)ccc1Cl. The van der Waals surface area contributed by atoms with Crippen LogP contribution < -0.4 is 15.4 Å². The molecule has 0 aliphatic carbocycles. The summed E-state index contributed by atoms with van der Waals surface area (Å²) in [6, 6.07) is 14.1. The second kappa shape index (κ2) is 9.21. The summed E-state index contributed by atoms with van der Waals surface area (Å²) < 4.78 is 5.78. The van der Waals surface area contributed by atoms with Gasteiger partial charge in [0.1, 0.15) is 11.5 Å². The molecule has 6 nitrogen and oxygen atoms in total. The van der Waals surface area contributed by atoms with Gasteiger partial charge in [0.15, 0.2) is 0 Å². The largest absolute Gasteiger partial charge is 0.457 e. The highest BCUT2D eigenvalue weighted by Gasteiger charge is 2.14. The van der Waals surface area contributed by atoms with E-state index in [2.05, 4.69) is 15.6 Å². The van der Waals surface area contributed by atoms with Crippen molar-refractivity contribution < 1.29 is 14.3 Å². The quantitative estimate of drug-likeness (QED) is 0.612. The van der Waals surface area contributed by atoms with E-state index in [0.717, 1.165) is 16.7 Å². The zero-order valence-electron chi connectivity index (χ0n) is 16.0. The first kappa shape index (κ1) is 20.4. The number of aromatic nitrogens is 1. The first-order valence-corrected chi connectivity index (χ1v) is 9.33. The van der Waals surface area contributed by atoms with Crippen LogP contribution in [0.1, 0.15) is 16.7 Å². The van der Waals surface area contributed by atoms with Crippen LogP contribution in [0.3, 0.4) is 0 Å². The van der Waals surface area contributed by atoms with E-state index in [9.17, 15) is 9.59 Å². The Balaban J connectivity index is 1.57. The molecule has 0 fully saturated rings. The van der Waals surface area contributed by atoms with E-state index in [1.54, 1.807) is 54.9 Å². The summed E-state index contributed by atoms with van der Waals surface area (Å²) in [6.07, 6.45) is 3.28. The van der Waals surface area contributed by atoms with Crippen molar-refractivity contribution in [3.63, 3.8) is 0 Å². The minimum Gasteiger partial charge on any atom is -0.457 e. The lowest BCUT2D eigenvalue weighted by Gasteiger charge is -2.11. The number of halogens is 1. The predicted octanol–water partition coefficient (Wildman–Crippen LogP) is 4.40. The Labute approximate surface area is 173 Å². The van der Waals surface area contributed by atoms with E-state index in [0.29, 0.717) is 22.2 Å². The molecule has 0 bridgehead atoms. The first-order valence-electron chi connectivity index (χ1n) is 8.95. The monoisotopic (exact) mass is 409 g/mol. The third-order valence-electron chi connectivity index (χ3n) is 4.19. The standard InChI is InChI=1S/C22H20ClN3O3/c1-14-11-16(3-5-19(14)23)13-25-21(27)22(28)26-17-4-6-20(15(2)12-17)29-18-7-9-24-10-8-18/h3-12H,13H2,1-2H3,(H,25,27)(H,26,28). The van der Waals surface area contributed by atoms with Gasteiger partial charge in [-0.1, -0.05) is 23.7 Å². The van der Waals surface area contributed by atoms with Crippen molar-refractivity contribution >= 4 is 29.1 Å². The lowest BCUT2D eigenvalue weighted by atomic mass is 10.1. The number of carbonyl (C=O) groups is 2. The number of aryl methyl sites for hydroxylation is 2. The number of ether oxygens (including phenoxy) is 1. The van der Waals surface area contributed by atoms with Crippen molar-refractivity contribution in [2.75, 3.05) is 5.32 Å². The molecule has 0 spiro atoms. The number of amides is 2. The van der Waals surface area contributed by atoms with Crippen molar-refractivity contribution in [3.05, 3.63) is 82.6 Å². The Morgan fingerprint density at radius 1 is 0.966 bits per heavy atom. The van der Waals surface area contributed by atoms with Crippen molar-refractivity contribution in [3.8, 4) is 11.5 Å². The number of nitrogens with one attached hydrogen (secondary N) is 2. The van der Waals surface area contributed by atoms with Gasteiger partial charge in [-0.15, -0.1) is 0 Å². The summed E-state index contributed by atoms with van der Waals surface area (Å²) in [7, 11) is 0. The maximum absolute atomic E-state index is 12.2. The number of pyridine rings is 1. The molecule has 29 heavy (non-hydrogen) atoms. The van der Waals surface area contributed by atoms with Crippen LogP contribution in [0.15, 0.2) is 60.9 Å². The van der Waals surface area contributed by atoms with Crippen molar-refractivity contribution in [2.24, 2.45) is 0 Å². The van der Waals surface area contributed by atoms with Crippen LogP contribution in [0.5, 0.6) is 11.5 Å². The first-order chi connectivity index (χ1) is 13.9. The highest BCUT2D eigenvalue weighted by atomic mass is 35.5. The number of benzene rings is 2. The number of hydrogen-bond acceptors (Lipinski definition) is 4. The Morgan fingerprint density at radius 3 is 2.41 bits per heavy atom. The summed E-state index contributed by atoms with van der Waals surface area (Å²) in [4.78, 5) is 28.2. The van der Waals surface area contributed by atoms with Crippen molar-refractivity contribution in [1.82, 2.24) is 10.3 Å². The average molecular weight is 410 g/mol. The number of nitrogens with zero attached hydrogens (tertiary/aromatic N) is 1. The Morgan fingerprint density at radius 2 is 1.72 bits per heavy atom. The van der Waals surface area contributed by atoms with Crippen molar-refractivity contribution in [2.45, 2.75) is 20.4 Å². The summed E-state index contributed by atoms with van der Waals surface area (Å²) >= 11 is 5.99. The van der Waals surface area contributed by atoms with E-state index in [4.69, 9.17) is 16.3 Å². The van der Waals surface area contributed by atoms with Crippen LogP contribution in [0.25, 0.3) is 0 Å². The maximum Gasteiger partial charge on any atom is 0.313 e. The van der Waals surface area contributed by atoms with Gasteiger partial charge in [-0.25, -0.2) is 0 Å². The third kappa shape index (κ3) is 5.56. The highest BCUT2D eigenvalue weighted by molar-refractivity contribution is 6.39. The topological polar surface area (TPSA) is 80.3 Å². The fourth-order valence-electron chi connectivity index (χ4n) is 2.64. The smallest absolute Gasteiger partial charge is 0.313 e. The molecule has 1 heterocycles. The Kier molecular flexibility index (Phi) is 6.46. The summed E-state index contributed by atoms with van der Waals surface area (Å²) in [6.45, 7) is 3.97. The Bertz CT molecular complexity index is 1040. The van der Waals surface area contributed by atoms with E-state index in [-0.39, 0.29) is 6.54 Å². The number of carbonyl (C=O) groups excluding carboxylic acids is 2. The van der Waals surface area contributed by atoms with Gasteiger partial charge in [0.25, 0.3) is 0 Å². The van der Waals surface area contributed by atoms with Crippen LogP contribution in [0.2, 0.25) is 5.02 Å². The fraction of sp³-hybridized carbons (Fsp3) is 0.136. The van der Waals surface area contributed by atoms with Gasteiger partial charge in [-0.3, -0.25) is 14.6 Å². The van der Waals surface area contributed by atoms with Gasteiger partial charge >= 0.3 is 11.8 Å². The lowest BCUT2D eigenvalue weighted by molar-refractivity contribution is -0.136. The van der Waals surface area contributed by atoms with Crippen LogP contribution in [0.4, 0.5) is 5.69 Å². The fourth-order valence-corrected chi connectivity index (χ4v) is 2.76. The molecular weight excluding hydrogens is 390 g/mol. The predicted molar refractivity (Wildman–Crippen MR) is 112 cm³/mol. The zero-order valence-corrected chi connectivity index (χ0v) is 16.8. The summed E-state index contributed by atoms with van der Waals surface area (Å²) in [5, 5.41) is 5.85. The molecule has 2 aromatic carbocycles. The highest BCUT2D eigenvalue weighted by Crippen LogP contribution is 2.26. The van der Waals surface area contributed by atoms with Gasteiger partial charge in [0.05, 0.1) is 0 Å². The van der Waals surface area contributed by atoms with E-state index in [1.165, 1.54) is 0 Å². The molecule has 2 amide bonds. The normalized spacial score (nSPS) is 10.3. The molecule has 0 saturated carbocycles. The molecular formula is C22H20ClN3O3. The molecule has 7 heteroatoms. The second-order valence-corrected chi connectivity index (χ2v) is 6.89. The zero-order chi connectivity index (χ0) is 20.8. The Hall–Kier alpha value is -3.38. The van der Waals surface area contributed by atoms with Gasteiger partial charge in [-0.05, 0) is 66.9 Å². The molecule has 0 radical (unpaired) electrons. The van der Waals surface area contributed by atoms with Crippen molar-refractivity contribution in [1.29, 1.82) is 0 Å². The molecule has 0 aliphatic heterocycles. The number of rotatable bonds is 5. The van der Waals surface area contributed by atoms with Gasteiger partial charge < -0.3 is 15.4 Å². The molecule has 0 saturated heterocycles. The van der Waals surface area contributed by atoms with Crippen LogP contribution in [-0.2, 0) is 16.1 Å². The minimum atomic E-state index is -0.738. The molecule has 0 aliphatic rings. The number of hydrogen-bond donors (Lipinski definition) is 2. The maximum atomic E-state index is 12.2. The minimum absolute atomic E-state index is 0.238. The number of anilines is 1. The summed E-state index contributed by atoms with van der Waals surface area (Å²) in [5.41, 5.74) is 3.10. The van der Waals surface area contributed by atoms with E-state index >= 15 is 0 Å². The lowest BCUT2D eigenvalue weighted by Crippen LogP contribution is -2.35. The van der Waals surface area contributed by atoms with Gasteiger partial charge in [-0.2, -0.15) is 0 Å². The van der Waals surface area contributed by atoms with Crippen LogP contribution >= 0.6 is 11.6 Å². The molecule has 0 unspecified atom stereocenters. The van der Waals surface area contributed by atoms with Crippen LogP contribution in [0, 0.1) is 13.8 Å². The van der Waals surface area contributed by atoms with E-state index in [1.807, 2.05) is 19.9 Å².